The van der Waals surface area contributed by atoms with Crippen molar-refractivity contribution in [2.24, 2.45) is 0 Å². The minimum atomic E-state index is -0.655. The van der Waals surface area contributed by atoms with Crippen molar-refractivity contribution in [3.05, 3.63) is 53.6 Å². The molecule has 0 bridgehead atoms. The molecule has 1 unspecified atom stereocenters. The number of carbonyl (C=O) groups is 1. The van der Waals surface area contributed by atoms with E-state index < -0.39 is 6.04 Å². The number of benzene rings is 2. The summed E-state index contributed by atoms with van der Waals surface area (Å²) in [5, 5.41) is 12.2. The zero-order chi connectivity index (χ0) is 20.5. The summed E-state index contributed by atoms with van der Waals surface area (Å²) >= 11 is 1.67. The van der Waals surface area contributed by atoms with Gasteiger partial charge in [0.15, 0.2) is 6.04 Å². The van der Waals surface area contributed by atoms with Gasteiger partial charge in [0.05, 0.1) is 24.3 Å². The maximum absolute atomic E-state index is 12.6. The van der Waals surface area contributed by atoms with Crippen molar-refractivity contribution < 1.29 is 14.3 Å². The van der Waals surface area contributed by atoms with Crippen LogP contribution in [0.2, 0.25) is 0 Å². The van der Waals surface area contributed by atoms with Gasteiger partial charge in [0.1, 0.15) is 5.75 Å². The molecule has 2 rings (SSSR count). The highest BCUT2D eigenvalue weighted by atomic mass is 32.2. The maximum Gasteiger partial charge on any atom is 0.333 e. The summed E-state index contributed by atoms with van der Waals surface area (Å²) in [6, 6.07) is 14.2. The van der Waals surface area contributed by atoms with E-state index in [4.69, 9.17) is 14.7 Å². The standard InChI is InChI=1S/C22H26N2O3S/c1-5-26-22(25)21(24-18-10-7-16(14-23)8-11-18)17-9-12-19(27-15(3)4)20(13-17)28-6-2/h7-13,15,21,24H,5-6H2,1-4H3. The first-order chi connectivity index (χ1) is 13.5. The zero-order valence-electron chi connectivity index (χ0n) is 16.7. The summed E-state index contributed by atoms with van der Waals surface area (Å²) in [5.74, 6) is 1.36. The summed E-state index contributed by atoms with van der Waals surface area (Å²) in [6.07, 6.45) is 0.0692. The lowest BCUT2D eigenvalue weighted by molar-refractivity contribution is -0.144. The molecule has 2 aromatic carbocycles. The van der Waals surface area contributed by atoms with E-state index in [2.05, 4.69) is 18.3 Å². The molecule has 0 aliphatic rings. The Morgan fingerprint density at radius 2 is 1.89 bits per heavy atom. The van der Waals surface area contributed by atoms with Crippen molar-refractivity contribution >= 4 is 23.4 Å². The number of hydrogen-bond acceptors (Lipinski definition) is 6. The predicted octanol–water partition coefficient (Wildman–Crippen LogP) is 5.17. The third kappa shape index (κ3) is 5.93. The van der Waals surface area contributed by atoms with Crippen LogP contribution in [0, 0.1) is 11.3 Å². The monoisotopic (exact) mass is 398 g/mol. The highest BCUT2D eigenvalue weighted by Crippen LogP contribution is 2.34. The van der Waals surface area contributed by atoms with Crippen molar-refractivity contribution in [2.45, 2.75) is 44.7 Å². The fourth-order valence-electron chi connectivity index (χ4n) is 2.64. The molecule has 0 saturated carbocycles. The van der Waals surface area contributed by atoms with Crippen LogP contribution in [0.1, 0.15) is 44.9 Å². The molecule has 0 heterocycles. The molecular formula is C22H26N2O3S. The Balaban J connectivity index is 2.37. The summed E-state index contributed by atoms with van der Waals surface area (Å²) < 4.78 is 11.2. The van der Waals surface area contributed by atoms with Gasteiger partial charge in [-0.1, -0.05) is 13.0 Å². The molecule has 0 aromatic heterocycles. The molecule has 1 N–H and O–H groups in total. The van der Waals surface area contributed by atoms with Gasteiger partial charge < -0.3 is 14.8 Å². The van der Waals surface area contributed by atoms with E-state index in [9.17, 15) is 4.79 Å². The molecular weight excluding hydrogens is 372 g/mol. The second-order valence-corrected chi connectivity index (χ2v) is 7.63. The number of rotatable bonds is 9. The number of hydrogen-bond donors (Lipinski definition) is 1. The van der Waals surface area contributed by atoms with Crippen LogP contribution in [-0.4, -0.2) is 24.4 Å². The highest BCUT2D eigenvalue weighted by Gasteiger charge is 2.23. The van der Waals surface area contributed by atoms with Gasteiger partial charge >= 0.3 is 5.97 Å². The smallest absolute Gasteiger partial charge is 0.333 e. The Morgan fingerprint density at radius 3 is 2.46 bits per heavy atom. The lowest BCUT2D eigenvalue weighted by Crippen LogP contribution is -2.23. The molecule has 148 valence electrons. The van der Waals surface area contributed by atoms with Gasteiger partial charge in [-0.15, -0.1) is 11.8 Å². The third-order valence-corrected chi connectivity index (χ3v) is 4.73. The van der Waals surface area contributed by atoms with E-state index in [1.54, 1.807) is 43.0 Å². The number of anilines is 1. The number of esters is 1. The normalized spacial score (nSPS) is 11.6. The highest BCUT2D eigenvalue weighted by molar-refractivity contribution is 7.99. The van der Waals surface area contributed by atoms with E-state index in [0.717, 1.165) is 27.6 Å². The number of thioether (sulfide) groups is 1. The lowest BCUT2D eigenvalue weighted by Gasteiger charge is -2.21. The number of nitrogens with zero attached hydrogens (tertiary/aromatic N) is 1. The number of carbonyl (C=O) groups excluding carboxylic acids is 1. The fraction of sp³-hybridized carbons (Fsp3) is 0.364. The summed E-state index contributed by atoms with van der Waals surface area (Å²) in [7, 11) is 0. The van der Waals surface area contributed by atoms with Gasteiger partial charge in [-0.25, -0.2) is 4.79 Å². The molecule has 0 radical (unpaired) electrons. The van der Waals surface area contributed by atoms with Gasteiger partial charge in [0.25, 0.3) is 0 Å². The molecule has 0 amide bonds. The Bertz CT molecular complexity index is 829. The zero-order valence-corrected chi connectivity index (χ0v) is 17.5. The third-order valence-electron chi connectivity index (χ3n) is 3.81. The van der Waals surface area contributed by atoms with Gasteiger partial charge in [0.2, 0.25) is 0 Å². The minimum absolute atomic E-state index is 0.0692. The molecule has 6 heteroatoms. The molecule has 0 aliphatic carbocycles. The molecule has 5 nitrogen and oxygen atoms in total. The van der Waals surface area contributed by atoms with E-state index in [-0.39, 0.29) is 12.1 Å². The molecule has 0 saturated heterocycles. The minimum Gasteiger partial charge on any atom is -0.490 e. The van der Waals surface area contributed by atoms with Crippen LogP contribution >= 0.6 is 11.8 Å². The van der Waals surface area contributed by atoms with Crippen LogP contribution in [0.15, 0.2) is 47.4 Å². The quantitative estimate of drug-likeness (QED) is 0.464. The first-order valence-electron chi connectivity index (χ1n) is 9.35. The summed E-state index contributed by atoms with van der Waals surface area (Å²) in [5.41, 5.74) is 2.11. The summed E-state index contributed by atoms with van der Waals surface area (Å²) in [6.45, 7) is 8.14. The largest absolute Gasteiger partial charge is 0.490 e. The predicted molar refractivity (Wildman–Crippen MR) is 113 cm³/mol. The second-order valence-electron chi connectivity index (χ2n) is 6.32. The first kappa shape index (κ1) is 21.6. The summed E-state index contributed by atoms with van der Waals surface area (Å²) in [4.78, 5) is 13.6. The second kappa shape index (κ2) is 10.6. The van der Waals surface area contributed by atoms with Crippen LogP contribution in [0.5, 0.6) is 5.75 Å². The molecule has 1 atom stereocenters. The van der Waals surface area contributed by atoms with E-state index in [0.29, 0.717) is 12.2 Å². The van der Waals surface area contributed by atoms with Crippen molar-refractivity contribution in [3.63, 3.8) is 0 Å². The van der Waals surface area contributed by atoms with E-state index in [1.807, 2.05) is 32.0 Å². The molecule has 0 fully saturated rings. The van der Waals surface area contributed by atoms with E-state index >= 15 is 0 Å². The van der Waals surface area contributed by atoms with E-state index in [1.165, 1.54) is 0 Å². The Kier molecular flexibility index (Phi) is 8.21. The number of nitriles is 1. The van der Waals surface area contributed by atoms with Gasteiger partial charge in [-0.2, -0.15) is 5.26 Å². The first-order valence-corrected chi connectivity index (χ1v) is 10.3. The average molecular weight is 399 g/mol. The van der Waals surface area contributed by atoms with Gasteiger partial charge in [-0.3, -0.25) is 0 Å². The topological polar surface area (TPSA) is 71.3 Å². The van der Waals surface area contributed by atoms with Crippen LogP contribution in [0.3, 0.4) is 0 Å². The average Bonchev–Trinajstić information content (AvgIpc) is 2.68. The number of ether oxygens (including phenoxy) is 2. The Labute approximate surface area is 171 Å². The molecule has 0 aliphatic heterocycles. The van der Waals surface area contributed by atoms with Crippen LogP contribution in [-0.2, 0) is 9.53 Å². The Hall–Kier alpha value is -2.65. The number of nitrogens with one attached hydrogen (secondary N) is 1. The van der Waals surface area contributed by atoms with Crippen molar-refractivity contribution in [1.82, 2.24) is 0 Å². The molecule has 28 heavy (non-hydrogen) atoms. The van der Waals surface area contributed by atoms with Crippen LogP contribution in [0.4, 0.5) is 5.69 Å². The van der Waals surface area contributed by atoms with Gasteiger partial charge in [-0.05, 0) is 68.5 Å². The van der Waals surface area contributed by atoms with Crippen molar-refractivity contribution in [1.29, 1.82) is 5.26 Å². The molecule has 2 aromatic rings. The lowest BCUT2D eigenvalue weighted by atomic mass is 10.1. The fourth-order valence-corrected chi connectivity index (χ4v) is 3.42. The SMILES string of the molecule is CCOC(=O)C(Nc1ccc(C#N)cc1)c1ccc(OC(C)C)c(SCC)c1. The Morgan fingerprint density at radius 1 is 1.18 bits per heavy atom. The van der Waals surface area contributed by atoms with Crippen LogP contribution in [0.25, 0.3) is 0 Å². The molecule has 0 spiro atoms. The van der Waals surface area contributed by atoms with Crippen molar-refractivity contribution in [2.75, 3.05) is 17.7 Å². The van der Waals surface area contributed by atoms with Gasteiger partial charge in [0, 0.05) is 10.6 Å². The van der Waals surface area contributed by atoms with Crippen LogP contribution < -0.4 is 10.1 Å². The van der Waals surface area contributed by atoms with Crippen molar-refractivity contribution in [3.8, 4) is 11.8 Å². The maximum atomic E-state index is 12.6.